The van der Waals surface area contributed by atoms with Crippen molar-refractivity contribution in [2.24, 2.45) is 0 Å². The normalized spacial score (nSPS) is 22.9. The Bertz CT molecular complexity index is 561. The molecule has 2 aromatic heterocycles. The molecule has 3 heterocycles. The van der Waals surface area contributed by atoms with Crippen LogP contribution in [0.5, 0.6) is 0 Å². The van der Waals surface area contributed by atoms with Gasteiger partial charge in [-0.2, -0.15) is 5.10 Å². The van der Waals surface area contributed by atoms with Gasteiger partial charge < -0.3 is 4.90 Å². The maximum atomic E-state index is 4.72. The Balaban J connectivity index is 1.52. The van der Waals surface area contributed by atoms with Crippen molar-refractivity contribution in [3.8, 4) is 0 Å². The van der Waals surface area contributed by atoms with Crippen LogP contribution in [0, 0.1) is 0 Å². The molecule has 1 saturated carbocycles. The van der Waals surface area contributed by atoms with E-state index in [2.05, 4.69) is 19.7 Å². The van der Waals surface area contributed by atoms with Crippen molar-refractivity contribution in [1.82, 2.24) is 19.7 Å². The van der Waals surface area contributed by atoms with Gasteiger partial charge in [0.1, 0.15) is 11.6 Å². The maximum Gasteiger partial charge on any atom is 0.133 e. The summed E-state index contributed by atoms with van der Waals surface area (Å²) in [6.07, 6.45) is 9.42. The Kier molecular flexibility index (Phi) is 2.50. The smallest absolute Gasteiger partial charge is 0.133 e. The molecular formula is C14H17N5. The van der Waals surface area contributed by atoms with Crippen LogP contribution in [-0.2, 0) is 0 Å². The van der Waals surface area contributed by atoms with Gasteiger partial charge in [-0.05, 0) is 31.4 Å². The van der Waals surface area contributed by atoms with Crippen LogP contribution >= 0.6 is 0 Å². The topological polar surface area (TPSA) is 46.8 Å². The fourth-order valence-electron chi connectivity index (χ4n) is 2.74. The largest absolute Gasteiger partial charge is 0.354 e. The number of hydrogen-bond acceptors (Lipinski definition) is 4. The highest BCUT2D eigenvalue weighted by atomic mass is 15.3. The minimum absolute atomic E-state index is 0.467. The second kappa shape index (κ2) is 4.33. The maximum absolute atomic E-state index is 4.72. The van der Waals surface area contributed by atoms with E-state index in [0.29, 0.717) is 12.0 Å². The highest BCUT2D eigenvalue weighted by Crippen LogP contribution is 2.38. The zero-order valence-electron chi connectivity index (χ0n) is 10.8. The predicted octanol–water partition coefficient (Wildman–Crippen LogP) is 2.00. The summed E-state index contributed by atoms with van der Waals surface area (Å²) in [5.74, 6) is 2.72. The van der Waals surface area contributed by atoms with Crippen molar-refractivity contribution in [2.75, 3.05) is 18.0 Å². The Labute approximate surface area is 112 Å². The lowest BCUT2D eigenvalue weighted by molar-refractivity contribution is 0.494. The number of aromatic nitrogens is 4. The van der Waals surface area contributed by atoms with E-state index in [1.165, 1.54) is 12.8 Å². The zero-order chi connectivity index (χ0) is 12.7. The molecule has 1 aliphatic heterocycles. The third kappa shape index (κ3) is 2.09. The Morgan fingerprint density at radius 2 is 2.11 bits per heavy atom. The summed E-state index contributed by atoms with van der Waals surface area (Å²) in [4.78, 5) is 11.5. The second-order valence-electron chi connectivity index (χ2n) is 5.42. The van der Waals surface area contributed by atoms with Crippen LogP contribution in [0.2, 0.25) is 0 Å². The third-order valence-corrected chi connectivity index (χ3v) is 3.99. The Hall–Kier alpha value is -1.91. The molecular weight excluding hydrogens is 238 g/mol. The molecule has 5 nitrogen and oxygen atoms in total. The quantitative estimate of drug-likeness (QED) is 0.841. The van der Waals surface area contributed by atoms with Crippen LogP contribution in [0.4, 0.5) is 5.82 Å². The van der Waals surface area contributed by atoms with Gasteiger partial charge in [-0.25, -0.2) is 9.97 Å². The molecule has 19 heavy (non-hydrogen) atoms. The van der Waals surface area contributed by atoms with Crippen LogP contribution < -0.4 is 4.90 Å². The molecule has 0 N–H and O–H groups in total. The SMILES string of the molecule is c1cnn(C2CCN(c3ccnc(C4CC4)n3)C2)c1. The van der Waals surface area contributed by atoms with E-state index in [-0.39, 0.29) is 0 Å². The first kappa shape index (κ1) is 11.0. The van der Waals surface area contributed by atoms with Gasteiger partial charge in [0.25, 0.3) is 0 Å². The first-order valence-electron chi connectivity index (χ1n) is 6.97. The van der Waals surface area contributed by atoms with Gasteiger partial charge in [-0.3, -0.25) is 4.68 Å². The molecule has 0 spiro atoms. The van der Waals surface area contributed by atoms with Gasteiger partial charge >= 0.3 is 0 Å². The first-order chi connectivity index (χ1) is 9.40. The van der Waals surface area contributed by atoms with E-state index >= 15 is 0 Å². The van der Waals surface area contributed by atoms with Gasteiger partial charge in [0.05, 0.1) is 6.04 Å². The lowest BCUT2D eigenvalue weighted by Crippen LogP contribution is -2.22. The second-order valence-corrected chi connectivity index (χ2v) is 5.42. The zero-order valence-corrected chi connectivity index (χ0v) is 10.8. The molecule has 0 bridgehead atoms. The molecule has 1 atom stereocenters. The van der Waals surface area contributed by atoms with E-state index in [9.17, 15) is 0 Å². The molecule has 2 aliphatic rings. The van der Waals surface area contributed by atoms with Gasteiger partial charge in [0.15, 0.2) is 0 Å². The molecule has 2 aromatic rings. The first-order valence-corrected chi connectivity index (χ1v) is 6.97. The number of nitrogens with zero attached hydrogens (tertiary/aromatic N) is 5. The molecule has 2 fully saturated rings. The Morgan fingerprint density at radius 1 is 1.16 bits per heavy atom. The standard InChI is InChI=1S/C14H17N5/c1-6-16-19(8-1)12-5-9-18(10-12)13-4-7-15-14(17-13)11-2-3-11/h1,4,6-8,11-12H,2-3,5,9-10H2. The molecule has 0 radical (unpaired) electrons. The van der Waals surface area contributed by atoms with Crippen molar-refractivity contribution >= 4 is 5.82 Å². The van der Waals surface area contributed by atoms with Crippen molar-refractivity contribution in [3.63, 3.8) is 0 Å². The minimum atomic E-state index is 0.467. The van der Waals surface area contributed by atoms with Gasteiger partial charge in [0, 0.05) is 37.6 Å². The van der Waals surface area contributed by atoms with Crippen LogP contribution in [0.3, 0.4) is 0 Å². The van der Waals surface area contributed by atoms with Crippen molar-refractivity contribution in [1.29, 1.82) is 0 Å². The molecule has 5 heteroatoms. The summed E-state index contributed by atoms with van der Waals surface area (Å²) in [7, 11) is 0. The molecule has 1 unspecified atom stereocenters. The predicted molar refractivity (Wildman–Crippen MR) is 72.1 cm³/mol. The van der Waals surface area contributed by atoms with E-state index in [4.69, 9.17) is 4.98 Å². The average Bonchev–Trinajstić information content (AvgIpc) is 2.96. The fraction of sp³-hybridized carbons (Fsp3) is 0.500. The fourth-order valence-corrected chi connectivity index (χ4v) is 2.74. The average molecular weight is 255 g/mol. The summed E-state index contributed by atoms with van der Waals surface area (Å²) < 4.78 is 2.06. The van der Waals surface area contributed by atoms with E-state index < -0.39 is 0 Å². The van der Waals surface area contributed by atoms with E-state index in [0.717, 1.165) is 31.2 Å². The summed E-state index contributed by atoms with van der Waals surface area (Å²) in [5.41, 5.74) is 0. The number of anilines is 1. The molecule has 0 amide bonds. The van der Waals surface area contributed by atoms with Crippen molar-refractivity contribution < 1.29 is 0 Å². The minimum Gasteiger partial charge on any atom is -0.354 e. The van der Waals surface area contributed by atoms with Crippen LogP contribution in [0.15, 0.2) is 30.7 Å². The van der Waals surface area contributed by atoms with Crippen molar-refractivity contribution in [2.45, 2.75) is 31.2 Å². The molecule has 1 aliphatic carbocycles. The number of hydrogen-bond donors (Lipinski definition) is 0. The molecule has 98 valence electrons. The summed E-state index contributed by atoms with van der Waals surface area (Å²) >= 11 is 0. The lowest BCUT2D eigenvalue weighted by atomic mass is 10.3. The summed E-state index contributed by atoms with van der Waals surface area (Å²) in [6.45, 7) is 2.04. The Morgan fingerprint density at radius 3 is 2.89 bits per heavy atom. The van der Waals surface area contributed by atoms with Crippen LogP contribution in [0.25, 0.3) is 0 Å². The van der Waals surface area contributed by atoms with Crippen LogP contribution in [0.1, 0.15) is 37.0 Å². The van der Waals surface area contributed by atoms with E-state index in [1.54, 1.807) is 0 Å². The van der Waals surface area contributed by atoms with Crippen LogP contribution in [-0.4, -0.2) is 32.8 Å². The highest BCUT2D eigenvalue weighted by Gasteiger charge is 2.29. The van der Waals surface area contributed by atoms with Gasteiger partial charge in [-0.1, -0.05) is 0 Å². The lowest BCUT2D eigenvalue weighted by Gasteiger charge is -2.18. The highest BCUT2D eigenvalue weighted by molar-refractivity contribution is 5.39. The monoisotopic (exact) mass is 255 g/mol. The van der Waals surface area contributed by atoms with E-state index in [1.807, 2.05) is 30.7 Å². The molecule has 4 rings (SSSR count). The summed E-state index contributed by atoms with van der Waals surface area (Å²) in [5, 5.41) is 4.34. The van der Waals surface area contributed by atoms with Gasteiger partial charge in [-0.15, -0.1) is 0 Å². The number of rotatable bonds is 3. The van der Waals surface area contributed by atoms with Crippen molar-refractivity contribution in [3.05, 3.63) is 36.5 Å². The van der Waals surface area contributed by atoms with Gasteiger partial charge in [0.2, 0.25) is 0 Å². The summed E-state index contributed by atoms with van der Waals surface area (Å²) in [6, 6.07) is 4.48. The molecule has 1 saturated heterocycles. The third-order valence-electron chi connectivity index (χ3n) is 3.99. The molecule has 0 aromatic carbocycles.